The molecule has 1 amide bonds. The van der Waals surface area contributed by atoms with Gasteiger partial charge in [0.1, 0.15) is 5.75 Å². The van der Waals surface area contributed by atoms with Gasteiger partial charge in [0.25, 0.3) is 5.91 Å². The molecule has 0 aliphatic rings. The minimum absolute atomic E-state index is 0.120. The van der Waals surface area contributed by atoms with Crippen LogP contribution in [0.3, 0.4) is 0 Å². The van der Waals surface area contributed by atoms with E-state index in [9.17, 15) is 13.6 Å². The van der Waals surface area contributed by atoms with Gasteiger partial charge in [-0.1, -0.05) is 12.1 Å². The van der Waals surface area contributed by atoms with E-state index in [1.165, 1.54) is 30.5 Å². The quantitative estimate of drug-likeness (QED) is 0.581. The zero-order chi connectivity index (χ0) is 15.2. The number of alkyl halides is 2. The van der Waals surface area contributed by atoms with Crippen LogP contribution in [0.1, 0.15) is 10.4 Å². The molecule has 0 aliphatic carbocycles. The van der Waals surface area contributed by atoms with Gasteiger partial charge in [0.15, 0.2) is 5.82 Å². The van der Waals surface area contributed by atoms with E-state index in [0.29, 0.717) is 0 Å². The normalized spacial score (nSPS) is 10.3. The van der Waals surface area contributed by atoms with Gasteiger partial charge in [-0.15, -0.1) is 0 Å². The third-order valence-electron chi connectivity index (χ3n) is 2.54. The van der Waals surface area contributed by atoms with Crippen LogP contribution in [-0.4, -0.2) is 17.5 Å². The predicted octanol–water partition coefficient (Wildman–Crippen LogP) is 2.22. The van der Waals surface area contributed by atoms with Crippen LogP contribution in [0.15, 0.2) is 42.6 Å². The zero-order valence-corrected chi connectivity index (χ0v) is 10.7. The Labute approximate surface area is 118 Å². The molecule has 0 saturated carbocycles. The van der Waals surface area contributed by atoms with Gasteiger partial charge in [0.2, 0.25) is 0 Å². The largest absolute Gasteiger partial charge is 0.433 e. The lowest BCUT2D eigenvalue weighted by Gasteiger charge is -2.12. The number of ether oxygens (including phenoxy) is 1. The third-order valence-corrected chi connectivity index (χ3v) is 2.54. The van der Waals surface area contributed by atoms with E-state index in [1.807, 2.05) is 0 Å². The second-order valence-electron chi connectivity index (χ2n) is 3.87. The van der Waals surface area contributed by atoms with Crippen molar-refractivity contribution in [2.75, 3.05) is 10.7 Å². The van der Waals surface area contributed by atoms with Gasteiger partial charge in [-0.25, -0.2) is 10.8 Å². The first-order valence-electron chi connectivity index (χ1n) is 5.88. The lowest BCUT2D eigenvalue weighted by atomic mass is 10.2. The summed E-state index contributed by atoms with van der Waals surface area (Å²) < 4.78 is 29.0. The molecule has 0 aliphatic heterocycles. The van der Waals surface area contributed by atoms with E-state index < -0.39 is 12.5 Å². The number of carbonyl (C=O) groups is 1. The summed E-state index contributed by atoms with van der Waals surface area (Å²) in [6, 6.07) is 8.92. The molecule has 1 aromatic carbocycles. The Bertz CT molecular complexity index is 637. The zero-order valence-electron chi connectivity index (χ0n) is 10.7. The second-order valence-corrected chi connectivity index (χ2v) is 3.87. The highest BCUT2D eigenvalue weighted by Crippen LogP contribution is 2.26. The molecule has 110 valence electrons. The summed E-state index contributed by atoms with van der Waals surface area (Å²) in [6.07, 6.45) is 1.46. The van der Waals surface area contributed by atoms with Crippen LogP contribution in [-0.2, 0) is 0 Å². The van der Waals surface area contributed by atoms with Crippen molar-refractivity contribution >= 4 is 17.4 Å². The predicted molar refractivity (Wildman–Crippen MR) is 73.1 cm³/mol. The highest BCUT2D eigenvalue weighted by molar-refractivity contribution is 6.08. The first-order chi connectivity index (χ1) is 10.1. The fourth-order valence-corrected chi connectivity index (χ4v) is 1.66. The van der Waals surface area contributed by atoms with Gasteiger partial charge >= 0.3 is 6.61 Å². The summed E-state index contributed by atoms with van der Waals surface area (Å²) in [7, 11) is 0. The Morgan fingerprint density at radius 1 is 1.24 bits per heavy atom. The number of anilines is 2. The van der Waals surface area contributed by atoms with Gasteiger partial charge in [0, 0.05) is 6.20 Å². The van der Waals surface area contributed by atoms with Gasteiger partial charge in [0.05, 0.1) is 11.3 Å². The lowest BCUT2D eigenvalue weighted by Crippen LogP contribution is -2.18. The first-order valence-corrected chi connectivity index (χ1v) is 5.88. The SMILES string of the molecule is NNc1ncccc1C(=O)Nc1ccccc1OC(F)F. The highest BCUT2D eigenvalue weighted by Gasteiger charge is 2.15. The van der Waals surface area contributed by atoms with E-state index in [-0.39, 0.29) is 22.8 Å². The average molecular weight is 294 g/mol. The maximum atomic E-state index is 12.3. The molecule has 1 heterocycles. The summed E-state index contributed by atoms with van der Waals surface area (Å²) in [5, 5.41) is 2.47. The number of carbonyl (C=O) groups excluding carboxylic acids is 1. The van der Waals surface area contributed by atoms with Gasteiger partial charge in [-0.3, -0.25) is 4.79 Å². The maximum Gasteiger partial charge on any atom is 0.387 e. The topological polar surface area (TPSA) is 89.3 Å². The van der Waals surface area contributed by atoms with Crippen LogP contribution in [0.5, 0.6) is 5.75 Å². The van der Waals surface area contributed by atoms with E-state index in [2.05, 4.69) is 20.5 Å². The van der Waals surface area contributed by atoms with Crippen LogP contribution in [0.25, 0.3) is 0 Å². The summed E-state index contributed by atoms with van der Waals surface area (Å²) >= 11 is 0. The van der Waals surface area contributed by atoms with Crippen molar-refractivity contribution < 1.29 is 18.3 Å². The minimum Gasteiger partial charge on any atom is -0.433 e. The minimum atomic E-state index is -2.98. The molecule has 6 nitrogen and oxygen atoms in total. The van der Waals surface area contributed by atoms with Crippen molar-refractivity contribution in [3.05, 3.63) is 48.2 Å². The molecule has 0 bridgehead atoms. The molecular weight excluding hydrogens is 282 g/mol. The van der Waals surface area contributed by atoms with Crippen LogP contribution in [0.2, 0.25) is 0 Å². The number of nitrogen functional groups attached to an aromatic ring is 1. The Balaban J connectivity index is 2.24. The Morgan fingerprint density at radius 3 is 2.71 bits per heavy atom. The van der Waals surface area contributed by atoms with Crippen LogP contribution >= 0.6 is 0 Å². The number of para-hydroxylation sites is 2. The van der Waals surface area contributed by atoms with Crippen molar-refractivity contribution in [2.24, 2.45) is 5.84 Å². The molecule has 0 spiro atoms. The van der Waals surface area contributed by atoms with Crippen molar-refractivity contribution in [3.8, 4) is 5.75 Å². The molecule has 2 aromatic rings. The number of hydrogen-bond acceptors (Lipinski definition) is 5. The average Bonchev–Trinajstić information content (AvgIpc) is 2.48. The summed E-state index contributed by atoms with van der Waals surface area (Å²) in [5.74, 6) is 4.74. The number of aromatic nitrogens is 1. The molecule has 0 saturated heterocycles. The fraction of sp³-hybridized carbons (Fsp3) is 0.0769. The van der Waals surface area contributed by atoms with Crippen molar-refractivity contribution in [1.29, 1.82) is 0 Å². The van der Waals surface area contributed by atoms with Crippen LogP contribution in [0.4, 0.5) is 20.3 Å². The number of pyridine rings is 1. The van der Waals surface area contributed by atoms with E-state index in [1.54, 1.807) is 12.1 Å². The molecule has 21 heavy (non-hydrogen) atoms. The standard InChI is InChI=1S/C13H12F2N4O2/c14-13(15)21-10-6-2-1-5-9(10)18-12(20)8-4-3-7-17-11(8)19-16/h1-7,13H,16H2,(H,17,19)(H,18,20). The summed E-state index contributed by atoms with van der Waals surface area (Å²) in [5.41, 5.74) is 2.58. The summed E-state index contributed by atoms with van der Waals surface area (Å²) in [6.45, 7) is -2.98. The van der Waals surface area contributed by atoms with Gasteiger partial charge in [-0.05, 0) is 24.3 Å². The number of nitrogens with one attached hydrogen (secondary N) is 2. The van der Waals surface area contributed by atoms with E-state index in [0.717, 1.165) is 0 Å². The molecule has 0 radical (unpaired) electrons. The second kappa shape index (κ2) is 6.62. The molecule has 4 N–H and O–H groups in total. The Hall–Kier alpha value is -2.74. The van der Waals surface area contributed by atoms with E-state index in [4.69, 9.17) is 5.84 Å². The smallest absolute Gasteiger partial charge is 0.387 e. The van der Waals surface area contributed by atoms with Crippen molar-refractivity contribution in [2.45, 2.75) is 6.61 Å². The van der Waals surface area contributed by atoms with Gasteiger partial charge < -0.3 is 15.5 Å². The molecule has 1 aromatic heterocycles. The van der Waals surface area contributed by atoms with Crippen LogP contribution < -0.4 is 21.3 Å². The number of hydrazine groups is 1. The number of benzene rings is 1. The van der Waals surface area contributed by atoms with Crippen molar-refractivity contribution in [3.63, 3.8) is 0 Å². The first kappa shape index (κ1) is 14.7. The Morgan fingerprint density at radius 2 is 2.00 bits per heavy atom. The molecule has 0 unspecified atom stereocenters. The molecule has 0 atom stereocenters. The number of amides is 1. The summed E-state index contributed by atoms with van der Waals surface area (Å²) in [4.78, 5) is 16.0. The Kier molecular flexibility index (Phi) is 4.62. The third kappa shape index (κ3) is 3.63. The van der Waals surface area contributed by atoms with E-state index >= 15 is 0 Å². The van der Waals surface area contributed by atoms with Crippen LogP contribution in [0, 0.1) is 0 Å². The monoisotopic (exact) mass is 294 g/mol. The highest BCUT2D eigenvalue weighted by atomic mass is 19.3. The molecule has 8 heteroatoms. The number of rotatable bonds is 5. The fourth-order valence-electron chi connectivity index (χ4n) is 1.66. The maximum absolute atomic E-state index is 12.3. The number of halogens is 2. The number of nitrogens with zero attached hydrogens (tertiary/aromatic N) is 1. The van der Waals surface area contributed by atoms with Gasteiger partial charge in [-0.2, -0.15) is 8.78 Å². The molecule has 2 rings (SSSR count). The number of hydrogen-bond donors (Lipinski definition) is 3. The van der Waals surface area contributed by atoms with Crippen molar-refractivity contribution in [1.82, 2.24) is 4.98 Å². The molecular formula is C13H12F2N4O2. The number of nitrogens with two attached hydrogens (primary N) is 1. The molecule has 0 fully saturated rings. The lowest BCUT2D eigenvalue weighted by molar-refractivity contribution is -0.0493.